The predicted molar refractivity (Wildman–Crippen MR) is 89.8 cm³/mol. The maximum Gasteiger partial charge on any atom is 0.220 e. The van der Waals surface area contributed by atoms with Crippen molar-refractivity contribution in [3.63, 3.8) is 0 Å². The van der Waals surface area contributed by atoms with Crippen molar-refractivity contribution < 1.29 is 4.79 Å². The van der Waals surface area contributed by atoms with Gasteiger partial charge in [-0.2, -0.15) is 0 Å². The molecule has 0 saturated heterocycles. The molecule has 0 bridgehead atoms. The molecule has 3 rings (SSSR count). The molecular weight excluding hydrogens is 270 g/mol. The van der Waals surface area contributed by atoms with Gasteiger partial charge in [-0.05, 0) is 29.9 Å². The summed E-state index contributed by atoms with van der Waals surface area (Å²) in [7, 11) is 0. The SMILES string of the molecule is CC(CC(=O)NCC1(c2ccccc2)CC1)c1ccccc1. The molecule has 1 fully saturated rings. The lowest BCUT2D eigenvalue weighted by molar-refractivity contribution is -0.121. The van der Waals surface area contributed by atoms with Crippen LogP contribution in [0.15, 0.2) is 60.7 Å². The van der Waals surface area contributed by atoms with E-state index in [4.69, 9.17) is 0 Å². The fourth-order valence-electron chi connectivity index (χ4n) is 3.03. The molecule has 2 aromatic carbocycles. The number of amides is 1. The van der Waals surface area contributed by atoms with Gasteiger partial charge in [-0.15, -0.1) is 0 Å². The van der Waals surface area contributed by atoms with Gasteiger partial charge in [-0.1, -0.05) is 67.6 Å². The van der Waals surface area contributed by atoms with E-state index in [1.807, 2.05) is 24.3 Å². The first kappa shape index (κ1) is 14.8. The molecule has 1 unspecified atom stereocenters. The summed E-state index contributed by atoms with van der Waals surface area (Å²) in [5.74, 6) is 0.409. The summed E-state index contributed by atoms with van der Waals surface area (Å²) in [6, 6.07) is 20.8. The fraction of sp³-hybridized carbons (Fsp3) is 0.350. The Kier molecular flexibility index (Phi) is 4.28. The monoisotopic (exact) mass is 293 g/mol. The second kappa shape index (κ2) is 6.35. The lowest BCUT2D eigenvalue weighted by Gasteiger charge is -2.18. The Morgan fingerprint density at radius 1 is 1.05 bits per heavy atom. The van der Waals surface area contributed by atoms with Crippen LogP contribution in [0.4, 0.5) is 0 Å². The highest BCUT2D eigenvalue weighted by Crippen LogP contribution is 2.47. The average molecular weight is 293 g/mol. The number of rotatable bonds is 6. The molecule has 0 spiro atoms. The topological polar surface area (TPSA) is 29.1 Å². The third-order valence-corrected chi connectivity index (χ3v) is 4.72. The zero-order valence-electron chi connectivity index (χ0n) is 13.1. The molecule has 0 aromatic heterocycles. The number of hydrogen-bond donors (Lipinski definition) is 1. The normalized spacial score (nSPS) is 16.8. The van der Waals surface area contributed by atoms with Crippen LogP contribution in [0.2, 0.25) is 0 Å². The maximum absolute atomic E-state index is 12.2. The Labute approximate surface area is 132 Å². The second-order valence-corrected chi connectivity index (χ2v) is 6.44. The number of benzene rings is 2. The third kappa shape index (κ3) is 3.38. The quantitative estimate of drug-likeness (QED) is 0.856. The molecule has 1 N–H and O–H groups in total. The summed E-state index contributed by atoms with van der Waals surface area (Å²) < 4.78 is 0. The van der Waals surface area contributed by atoms with Crippen LogP contribution in [0.1, 0.15) is 43.2 Å². The van der Waals surface area contributed by atoms with Crippen molar-refractivity contribution in [3.8, 4) is 0 Å². The predicted octanol–water partition coefficient (Wildman–Crippen LogP) is 4.03. The minimum absolute atomic E-state index is 0.151. The van der Waals surface area contributed by atoms with Gasteiger partial charge in [-0.3, -0.25) is 4.79 Å². The van der Waals surface area contributed by atoms with Gasteiger partial charge in [-0.25, -0.2) is 0 Å². The molecular formula is C20H23NO. The summed E-state index contributed by atoms with van der Waals surface area (Å²) in [6.45, 7) is 2.87. The summed E-state index contributed by atoms with van der Waals surface area (Å²) in [5, 5.41) is 3.15. The van der Waals surface area contributed by atoms with Gasteiger partial charge >= 0.3 is 0 Å². The minimum atomic E-state index is 0.151. The molecule has 1 saturated carbocycles. The van der Waals surface area contributed by atoms with Crippen molar-refractivity contribution in [1.29, 1.82) is 0 Å². The smallest absolute Gasteiger partial charge is 0.220 e. The van der Waals surface area contributed by atoms with Gasteiger partial charge in [0.2, 0.25) is 5.91 Å². The third-order valence-electron chi connectivity index (χ3n) is 4.72. The van der Waals surface area contributed by atoms with Gasteiger partial charge < -0.3 is 5.32 Å². The van der Waals surface area contributed by atoms with Gasteiger partial charge in [0.1, 0.15) is 0 Å². The summed E-state index contributed by atoms with van der Waals surface area (Å²) in [4.78, 5) is 12.2. The second-order valence-electron chi connectivity index (χ2n) is 6.44. The highest BCUT2D eigenvalue weighted by molar-refractivity contribution is 5.77. The van der Waals surface area contributed by atoms with E-state index in [0.717, 1.165) is 6.54 Å². The van der Waals surface area contributed by atoms with Gasteiger partial charge in [0.15, 0.2) is 0 Å². The van der Waals surface area contributed by atoms with Crippen molar-refractivity contribution in [2.75, 3.05) is 6.54 Å². The molecule has 0 heterocycles. The van der Waals surface area contributed by atoms with E-state index in [-0.39, 0.29) is 17.2 Å². The first-order valence-corrected chi connectivity index (χ1v) is 8.07. The zero-order chi connectivity index (χ0) is 15.4. The Morgan fingerprint density at radius 2 is 1.64 bits per heavy atom. The van der Waals surface area contributed by atoms with E-state index >= 15 is 0 Å². The van der Waals surface area contributed by atoms with Crippen molar-refractivity contribution in [2.24, 2.45) is 0 Å². The molecule has 1 aliphatic rings. The molecule has 0 aliphatic heterocycles. The molecule has 22 heavy (non-hydrogen) atoms. The van der Waals surface area contributed by atoms with Crippen LogP contribution in [0.5, 0.6) is 0 Å². The molecule has 1 amide bonds. The van der Waals surface area contributed by atoms with Crippen LogP contribution in [0.3, 0.4) is 0 Å². The van der Waals surface area contributed by atoms with E-state index < -0.39 is 0 Å². The van der Waals surface area contributed by atoms with E-state index in [9.17, 15) is 4.79 Å². The van der Waals surface area contributed by atoms with E-state index in [0.29, 0.717) is 6.42 Å². The number of nitrogens with one attached hydrogen (secondary N) is 1. The van der Waals surface area contributed by atoms with E-state index in [2.05, 4.69) is 48.6 Å². The summed E-state index contributed by atoms with van der Waals surface area (Å²) >= 11 is 0. The molecule has 1 aliphatic carbocycles. The van der Waals surface area contributed by atoms with E-state index in [1.165, 1.54) is 24.0 Å². The van der Waals surface area contributed by atoms with E-state index in [1.54, 1.807) is 0 Å². The first-order valence-electron chi connectivity index (χ1n) is 8.07. The van der Waals surface area contributed by atoms with Crippen molar-refractivity contribution in [3.05, 3.63) is 71.8 Å². The molecule has 0 radical (unpaired) electrons. The number of carbonyl (C=O) groups excluding carboxylic acids is 1. The standard InChI is InChI=1S/C20H23NO/c1-16(17-8-4-2-5-9-17)14-19(22)21-15-20(12-13-20)18-10-6-3-7-11-18/h2-11,16H,12-15H2,1H3,(H,21,22). The van der Waals surface area contributed by atoms with Gasteiger partial charge in [0.05, 0.1) is 0 Å². The van der Waals surface area contributed by atoms with Crippen LogP contribution in [0.25, 0.3) is 0 Å². The molecule has 1 atom stereocenters. The number of hydrogen-bond acceptors (Lipinski definition) is 1. The van der Waals surface area contributed by atoms with Gasteiger partial charge in [0, 0.05) is 18.4 Å². The van der Waals surface area contributed by atoms with Crippen molar-refractivity contribution in [2.45, 2.75) is 37.5 Å². The van der Waals surface area contributed by atoms with Crippen LogP contribution in [0, 0.1) is 0 Å². The summed E-state index contributed by atoms with van der Waals surface area (Å²) in [6.07, 6.45) is 2.89. The number of carbonyl (C=O) groups is 1. The Balaban J connectivity index is 1.53. The van der Waals surface area contributed by atoms with Crippen molar-refractivity contribution >= 4 is 5.91 Å². The largest absolute Gasteiger partial charge is 0.355 e. The van der Waals surface area contributed by atoms with Crippen LogP contribution < -0.4 is 5.32 Å². The fourth-order valence-corrected chi connectivity index (χ4v) is 3.03. The minimum Gasteiger partial charge on any atom is -0.355 e. The molecule has 114 valence electrons. The highest BCUT2D eigenvalue weighted by Gasteiger charge is 2.44. The van der Waals surface area contributed by atoms with Crippen LogP contribution in [-0.4, -0.2) is 12.5 Å². The highest BCUT2D eigenvalue weighted by atomic mass is 16.1. The average Bonchev–Trinajstić information content (AvgIpc) is 3.36. The molecule has 2 heteroatoms. The Morgan fingerprint density at radius 3 is 2.23 bits per heavy atom. The maximum atomic E-state index is 12.2. The summed E-state index contributed by atoms with van der Waals surface area (Å²) in [5.41, 5.74) is 2.76. The molecule has 2 nitrogen and oxygen atoms in total. The van der Waals surface area contributed by atoms with Crippen LogP contribution >= 0.6 is 0 Å². The van der Waals surface area contributed by atoms with Crippen molar-refractivity contribution in [1.82, 2.24) is 5.32 Å². The Bertz CT molecular complexity index is 617. The van der Waals surface area contributed by atoms with Crippen LogP contribution in [-0.2, 0) is 10.2 Å². The lowest BCUT2D eigenvalue weighted by atomic mass is 9.95. The Hall–Kier alpha value is -2.09. The zero-order valence-corrected chi connectivity index (χ0v) is 13.1. The first-order chi connectivity index (χ1) is 10.7. The lowest BCUT2D eigenvalue weighted by Crippen LogP contribution is -2.32. The van der Waals surface area contributed by atoms with Gasteiger partial charge in [0.25, 0.3) is 0 Å². The molecule has 2 aromatic rings.